The van der Waals surface area contributed by atoms with Crippen LogP contribution in [0.3, 0.4) is 0 Å². The van der Waals surface area contributed by atoms with Gasteiger partial charge in [-0.25, -0.2) is 0 Å². The summed E-state index contributed by atoms with van der Waals surface area (Å²) in [6, 6.07) is 5.65. The van der Waals surface area contributed by atoms with Crippen LogP contribution in [0.25, 0.3) is 0 Å². The molecule has 4 nitrogen and oxygen atoms in total. The molecule has 0 saturated heterocycles. The zero-order chi connectivity index (χ0) is 15.8. The number of rotatable bonds is 7. The van der Waals surface area contributed by atoms with E-state index in [1.165, 1.54) is 6.92 Å². The van der Waals surface area contributed by atoms with Crippen LogP contribution >= 0.6 is 15.9 Å². The highest BCUT2D eigenvalue weighted by Crippen LogP contribution is 2.20. The first-order valence-corrected chi connectivity index (χ1v) is 8.04. The first kappa shape index (κ1) is 17.7. The van der Waals surface area contributed by atoms with Gasteiger partial charge in [0.15, 0.2) is 0 Å². The highest BCUT2D eigenvalue weighted by Gasteiger charge is 2.13. The summed E-state index contributed by atoms with van der Waals surface area (Å²) in [5.41, 5.74) is 1.84. The fourth-order valence-corrected chi connectivity index (χ4v) is 2.32. The summed E-state index contributed by atoms with van der Waals surface area (Å²) in [5, 5.41) is 2.82. The molecule has 0 aliphatic carbocycles. The molecule has 0 radical (unpaired) electrons. The number of benzene rings is 1. The van der Waals surface area contributed by atoms with Gasteiger partial charge in [0.05, 0.1) is 6.54 Å². The molecule has 5 heteroatoms. The number of carbonyl (C=O) groups excluding carboxylic acids is 2. The maximum absolute atomic E-state index is 12.0. The Morgan fingerprint density at radius 3 is 2.57 bits per heavy atom. The third kappa shape index (κ3) is 6.29. The molecule has 1 N–H and O–H groups in total. The first-order valence-electron chi connectivity index (χ1n) is 7.25. The van der Waals surface area contributed by atoms with Crippen LogP contribution in [0.1, 0.15) is 38.7 Å². The zero-order valence-corrected chi connectivity index (χ0v) is 14.5. The largest absolute Gasteiger partial charge is 0.334 e. The molecule has 0 aliphatic rings. The average molecular weight is 355 g/mol. The molecule has 21 heavy (non-hydrogen) atoms. The minimum Gasteiger partial charge on any atom is -0.334 e. The third-order valence-corrected chi connectivity index (χ3v) is 4.12. The summed E-state index contributed by atoms with van der Waals surface area (Å²) in [5.74, 6) is -0.233. The molecule has 0 aromatic heterocycles. The maximum atomic E-state index is 12.0. The molecule has 0 heterocycles. The minimum absolute atomic E-state index is 0.0636. The van der Waals surface area contributed by atoms with Crippen LogP contribution in [-0.2, 0) is 9.59 Å². The highest BCUT2D eigenvalue weighted by molar-refractivity contribution is 9.10. The maximum Gasteiger partial charge on any atom is 0.243 e. The van der Waals surface area contributed by atoms with Gasteiger partial charge in [0.2, 0.25) is 11.8 Å². The molecule has 2 amide bonds. The summed E-state index contributed by atoms with van der Waals surface area (Å²) < 4.78 is 0.951. The van der Waals surface area contributed by atoms with Crippen molar-refractivity contribution in [1.82, 2.24) is 4.90 Å². The molecular weight excluding hydrogens is 332 g/mol. The van der Waals surface area contributed by atoms with E-state index in [0.29, 0.717) is 6.54 Å². The summed E-state index contributed by atoms with van der Waals surface area (Å²) in [4.78, 5) is 25.2. The van der Waals surface area contributed by atoms with Crippen LogP contribution in [0.5, 0.6) is 0 Å². The van der Waals surface area contributed by atoms with E-state index in [2.05, 4.69) is 28.2 Å². The molecule has 1 rings (SSSR count). The number of nitrogens with zero attached hydrogens (tertiary/aromatic N) is 1. The number of unbranched alkanes of at least 4 members (excludes halogenated alkanes) is 2. The van der Waals surface area contributed by atoms with E-state index in [1.807, 2.05) is 25.1 Å². The van der Waals surface area contributed by atoms with Crippen LogP contribution in [0.4, 0.5) is 5.69 Å². The van der Waals surface area contributed by atoms with Gasteiger partial charge in [0, 0.05) is 23.6 Å². The van der Waals surface area contributed by atoms with Gasteiger partial charge in [-0.2, -0.15) is 0 Å². The Balaban J connectivity index is 2.56. The van der Waals surface area contributed by atoms with Crippen molar-refractivity contribution < 1.29 is 9.59 Å². The third-order valence-electron chi connectivity index (χ3n) is 3.27. The van der Waals surface area contributed by atoms with E-state index < -0.39 is 0 Å². The molecule has 0 aliphatic heterocycles. The Kier molecular flexibility index (Phi) is 7.43. The van der Waals surface area contributed by atoms with E-state index in [0.717, 1.165) is 35.0 Å². The highest BCUT2D eigenvalue weighted by atomic mass is 79.9. The average Bonchev–Trinajstić information content (AvgIpc) is 2.42. The molecule has 1 aromatic carbocycles. The van der Waals surface area contributed by atoms with Crippen LogP contribution in [-0.4, -0.2) is 29.8 Å². The van der Waals surface area contributed by atoms with Crippen molar-refractivity contribution in [3.63, 3.8) is 0 Å². The number of halogens is 1. The lowest BCUT2D eigenvalue weighted by Crippen LogP contribution is -2.37. The number of hydrogen-bond donors (Lipinski definition) is 1. The van der Waals surface area contributed by atoms with Gasteiger partial charge in [-0.3, -0.25) is 9.59 Å². The Hall–Kier alpha value is -1.36. The van der Waals surface area contributed by atoms with Gasteiger partial charge in [0.25, 0.3) is 0 Å². The predicted molar refractivity (Wildman–Crippen MR) is 89.3 cm³/mol. The molecule has 0 unspecified atom stereocenters. The summed E-state index contributed by atoms with van der Waals surface area (Å²) in [7, 11) is 0. The van der Waals surface area contributed by atoms with Crippen molar-refractivity contribution in [2.45, 2.75) is 40.0 Å². The van der Waals surface area contributed by atoms with Crippen LogP contribution < -0.4 is 5.32 Å². The molecule has 0 spiro atoms. The molecule has 0 fully saturated rings. The number of carbonyl (C=O) groups is 2. The SMILES string of the molecule is CCCCCN(CC(=O)Nc1ccc(C)c(Br)c1)C(C)=O. The number of nitrogens with one attached hydrogen (secondary N) is 1. The Labute approximate surface area is 135 Å². The lowest BCUT2D eigenvalue weighted by molar-refractivity contribution is -0.132. The van der Waals surface area contributed by atoms with Gasteiger partial charge in [-0.05, 0) is 31.0 Å². The van der Waals surface area contributed by atoms with Gasteiger partial charge >= 0.3 is 0 Å². The second kappa shape index (κ2) is 8.82. The molecule has 0 bridgehead atoms. The topological polar surface area (TPSA) is 49.4 Å². The number of anilines is 1. The van der Waals surface area contributed by atoms with Crippen LogP contribution in [0.2, 0.25) is 0 Å². The predicted octanol–water partition coefficient (Wildman–Crippen LogP) is 3.73. The fourth-order valence-electron chi connectivity index (χ4n) is 1.94. The summed E-state index contributed by atoms with van der Waals surface area (Å²) in [6.07, 6.45) is 3.09. The van der Waals surface area contributed by atoms with Crippen molar-refractivity contribution in [2.75, 3.05) is 18.4 Å². The normalized spacial score (nSPS) is 10.3. The summed E-state index contributed by atoms with van der Waals surface area (Å²) in [6.45, 7) is 6.33. The molecule has 0 atom stereocenters. The van der Waals surface area contributed by atoms with Gasteiger partial charge < -0.3 is 10.2 Å². The van der Waals surface area contributed by atoms with Crippen molar-refractivity contribution in [2.24, 2.45) is 0 Å². The Morgan fingerprint density at radius 1 is 1.29 bits per heavy atom. The van der Waals surface area contributed by atoms with Gasteiger partial charge in [-0.1, -0.05) is 41.8 Å². The van der Waals surface area contributed by atoms with E-state index in [1.54, 1.807) is 4.90 Å². The van der Waals surface area contributed by atoms with Crippen molar-refractivity contribution in [3.8, 4) is 0 Å². The van der Waals surface area contributed by atoms with E-state index in [-0.39, 0.29) is 18.4 Å². The van der Waals surface area contributed by atoms with Crippen LogP contribution in [0.15, 0.2) is 22.7 Å². The van der Waals surface area contributed by atoms with E-state index in [4.69, 9.17) is 0 Å². The number of amides is 2. The van der Waals surface area contributed by atoms with Crippen LogP contribution in [0, 0.1) is 6.92 Å². The smallest absolute Gasteiger partial charge is 0.243 e. The molecular formula is C16H23BrN2O2. The van der Waals surface area contributed by atoms with Gasteiger partial charge in [0.1, 0.15) is 0 Å². The van der Waals surface area contributed by atoms with Crippen molar-refractivity contribution >= 4 is 33.4 Å². The second-order valence-electron chi connectivity index (χ2n) is 5.16. The lowest BCUT2D eigenvalue weighted by atomic mass is 10.2. The fraction of sp³-hybridized carbons (Fsp3) is 0.500. The molecule has 0 saturated carbocycles. The van der Waals surface area contributed by atoms with E-state index in [9.17, 15) is 9.59 Å². The van der Waals surface area contributed by atoms with E-state index >= 15 is 0 Å². The van der Waals surface area contributed by atoms with Gasteiger partial charge in [-0.15, -0.1) is 0 Å². The minimum atomic E-state index is -0.169. The first-order chi connectivity index (χ1) is 9.93. The molecule has 1 aromatic rings. The second-order valence-corrected chi connectivity index (χ2v) is 6.01. The standard InChI is InChI=1S/C16H23BrN2O2/c1-4-5-6-9-19(13(3)20)11-16(21)18-14-8-7-12(2)15(17)10-14/h7-8,10H,4-6,9,11H2,1-3H3,(H,18,21). The number of hydrogen-bond acceptors (Lipinski definition) is 2. The number of aryl methyl sites for hydroxylation is 1. The quantitative estimate of drug-likeness (QED) is 0.758. The Bertz CT molecular complexity index is 503. The lowest BCUT2D eigenvalue weighted by Gasteiger charge is -2.20. The van der Waals surface area contributed by atoms with Crippen molar-refractivity contribution in [3.05, 3.63) is 28.2 Å². The summed E-state index contributed by atoms with van der Waals surface area (Å²) >= 11 is 3.44. The zero-order valence-electron chi connectivity index (χ0n) is 12.9. The van der Waals surface area contributed by atoms with Crippen molar-refractivity contribution in [1.29, 1.82) is 0 Å². The molecule has 116 valence electrons. The monoisotopic (exact) mass is 354 g/mol. The Morgan fingerprint density at radius 2 is 2.00 bits per heavy atom.